The van der Waals surface area contributed by atoms with Gasteiger partial charge in [-0.1, -0.05) is 75.4 Å². The number of aryl methyl sites for hydroxylation is 2. The molecule has 2 aromatic rings. The Bertz CT molecular complexity index is 853. The first-order valence-electron chi connectivity index (χ1n) is 10.6. The van der Waals surface area contributed by atoms with Crippen LogP contribution in [0.1, 0.15) is 78.1 Å². The van der Waals surface area contributed by atoms with Crippen molar-refractivity contribution >= 4 is 18.0 Å². The number of carbonyl (C=O) groups is 1. The third kappa shape index (κ3) is 5.03. The molecule has 1 unspecified atom stereocenters. The summed E-state index contributed by atoms with van der Waals surface area (Å²) in [6.07, 6.45) is 7.17. The molecule has 1 atom stereocenters. The van der Waals surface area contributed by atoms with Crippen molar-refractivity contribution in [3.63, 3.8) is 0 Å². The number of benzene rings is 2. The topological polar surface area (TPSA) is 34.1 Å². The lowest BCUT2D eigenvalue weighted by molar-refractivity contribution is 0.107. The van der Waals surface area contributed by atoms with E-state index in [0.29, 0.717) is 17.0 Å². The third-order valence-electron chi connectivity index (χ3n) is 5.90. The van der Waals surface area contributed by atoms with Gasteiger partial charge in [0, 0.05) is 17.0 Å². The molecule has 2 nitrogen and oxygen atoms in total. The van der Waals surface area contributed by atoms with Gasteiger partial charge in [-0.2, -0.15) is 0 Å². The molecule has 2 rings (SSSR count). The number of rotatable bonds is 10. The summed E-state index contributed by atoms with van der Waals surface area (Å²) in [5.41, 5.74) is 4.71. The fourth-order valence-corrected chi connectivity index (χ4v) is 6.65. The first kappa shape index (κ1) is 22.6. The molecule has 0 aromatic heterocycles. The summed E-state index contributed by atoms with van der Waals surface area (Å²) in [6, 6.07) is 11.5. The fraction of sp³-hybridized carbons (Fsp3) is 0.480. The number of unbranched alkanes of at least 4 members (excludes halogenated alkanes) is 5. The van der Waals surface area contributed by atoms with Gasteiger partial charge in [0.1, 0.15) is 0 Å². The van der Waals surface area contributed by atoms with Crippen LogP contribution in [0.15, 0.2) is 36.4 Å². The lowest BCUT2D eigenvalue weighted by Gasteiger charge is -2.21. The van der Waals surface area contributed by atoms with Crippen LogP contribution in [0.5, 0.6) is 0 Å². The summed E-state index contributed by atoms with van der Waals surface area (Å²) in [4.78, 5) is 13.7. The maximum absolute atomic E-state index is 14.2. The van der Waals surface area contributed by atoms with E-state index in [1.54, 1.807) is 0 Å². The van der Waals surface area contributed by atoms with Crippen LogP contribution in [0.25, 0.3) is 0 Å². The Kier molecular flexibility index (Phi) is 8.25. The standard InChI is InChI=1S/C25H35O2P/c1-6-7-8-9-10-14-17-28(27,23-15-12-11-13-16-23)25(26)24-20(3)18-19(2)21(4)22(24)5/h11-13,15-16,18H,6-10,14,17H2,1-5H3. The summed E-state index contributed by atoms with van der Waals surface area (Å²) < 4.78 is 14.2. The lowest BCUT2D eigenvalue weighted by Crippen LogP contribution is -2.18. The van der Waals surface area contributed by atoms with Crippen LogP contribution < -0.4 is 5.30 Å². The van der Waals surface area contributed by atoms with Crippen LogP contribution in [0.3, 0.4) is 0 Å². The van der Waals surface area contributed by atoms with Crippen molar-refractivity contribution in [2.45, 2.75) is 73.1 Å². The first-order chi connectivity index (χ1) is 13.3. The largest absolute Gasteiger partial charge is 0.310 e. The lowest BCUT2D eigenvalue weighted by atomic mass is 9.95. The Morgan fingerprint density at radius 1 is 0.821 bits per heavy atom. The van der Waals surface area contributed by atoms with Crippen LogP contribution in [0, 0.1) is 27.7 Å². The molecule has 0 saturated carbocycles. The second kappa shape index (κ2) is 10.2. The molecule has 3 heteroatoms. The minimum Gasteiger partial charge on any atom is -0.310 e. The van der Waals surface area contributed by atoms with E-state index >= 15 is 0 Å². The van der Waals surface area contributed by atoms with E-state index in [4.69, 9.17) is 0 Å². The minimum atomic E-state index is -3.17. The molecule has 0 heterocycles. The van der Waals surface area contributed by atoms with Crippen molar-refractivity contribution in [1.29, 1.82) is 0 Å². The monoisotopic (exact) mass is 398 g/mol. The Morgan fingerprint density at radius 2 is 1.43 bits per heavy atom. The molecule has 0 radical (unpaired) electrons. The van der Waals surface area contributed by atoms with Crippen molar-refractivity contribution in [2.24, 2.45) is 0 Å². The second-order valence-corrected chi connectivity index (χ2v) is 10.9. The molecule has 152 valence electrons. The number of hydrogen-bond acceptors (Lipinski definition) is 2. The third-order valence-corrected chi connectivity index (χ3v) is 8.86. The SMILES string of the molecule is CCCCCCCCP(=O)(C(=O)c1c(C)cc(C)c(C)c1C)c1ccccc1. The smallest absolute Gasteiger partial charge is 0.226 e. The van der Waals surface area contributed by atoms with Gasteiger partial charge in [-0.05, 0) is 56.4 Å². The fourth-order valence-electron chi connectivity index (χ4n) is 3.93. The zero-order chi connectivity index (χ0) is 20.7. The summed E-state index contributed by atoms with van der Waals surface area (Å²) in [6.45, 7) is 10.3. The molecule has 0 bridgehead atoms. The van der Waals surface area contributed by atoms with E-state index in [1.807, 2.05) is 51.1 Å². The molecule has 0 saturated heterocycles. The highest BCUT2D eigenvalue weighted by molar-refractivity contribution is 7.87. The van der Waals surface area contributed by atoms with Crippen LogP contribution >= 0.6 is 7.14 Å². The predicted octanol–water partition coefficient (Wildman–Crippen LogP) is 7.11. The van der Waals surface area contributed by atoms with Crippen molar-refractivity contribution in [1.82, 2.24) is 0 Å². The van der Waals surface area contributed by atoms with Crippen molar-refractivity contribution < 1.29 is 9.36 Å². The van der Waals surface area contributed by atoms with Gasteiger partial charge in [-0.3, -0.25) is 4.79 Å². The number of carbonyl (C=O) groups excluding carboxylic acids is 1. The van der Waals surface area contributed by atoms with E-state index < -0.39 is 7.14 Å². The zero-order valence-corrected chi connectivity index (χ0v) is 19.1. The molecule has 0 N–H and O–H groups in total. The normalized spacial score (nSPS) is 13.3. The Balaban J connectivity index is 2.36. The molecule has 0 spiro atoms. The highest BCUT2D eigenvalue weighted by Gasteiger charge is 2.35. The van der Waals surface area contributed by atoms with Crippen LogP contribution in [0.4, 0.5) is 0 Å². The van der Waals surface area contributed by atoms with Crippen molar-refractivity contribution in [3.8, 4) is 0 Å². The van der Waals surface area contributed by atoms with Crippen LogP contribution in [-0.2, 0) is 4.57 Å². The average Bonchev–Trinajstić information content (AvgIpc) is 2.69. The van der Waals surface area contributed by atoms with Gasteiger partial charge in [0.15, 0.2) is 7.14 Å². The quantitative estimate of drug-likeness (QED) is 0.316. The highest BCUT2D eigenvalue weighted by Crippen LogP contribution is 2.50. The molecular formula is C25H35O2P. The van der Waals surface area contributed by atoms with Gasteiger partial charge in [0.25, 0.3) is 0 Å². The molecule has 0 aliphatic carbocycles. The summed E-state index contributed by atoms with van der Waals surface area (Å²) >= 11 is 0. The Labute approximate surface area is 171 Å². The van der Waals surface area contributed by atoms with Gasteiger partial charge < -0.3 is 4.57 Å². The maximum atomic E-state index is 14.2. The summed E-state index contributed by atoms with van der Waals surface area (Å²) in [5, 5.41) is 0.700. The summed E-state index contributed by atoms with van der Waals surface area (Å²) in [5.74, 6) is 0. The van der Waals surface area contributed by atoms with Crippen molar-refractivity contribution in [2.75, 3.05) is 6.16 Å². The van der Waals surface area contributed by atoms with Crippen molar-refractivity contribution in [3.05, 3.63) is 64.2 Å². The predicted molar refractivity (Wildman–Crippen MR) is 122 cm³/mol. The second-order valence-electron chi connectivity index (χ2n) is 8.01. The minimum absolute atomic E-state index is 0.162. The van der Waals surface area contributed by atoms with Crippen LogP contribution in [-0.4, -0.2) is 11.7 Å². The molecule has 0 aliphatic rings. The Hall–Kier alpha value is -1.66. The Morgan fingerprint density at radius 3 is 2.07 bits per heavy atom. The van der Waals surface area contributed by atoms with Crippen LogP contribution in [0.2, 0.25) is 0 Å². The zero-order valence-electron chi connectivity index (χ0n) is 18.2. The van der Waals surface area contributed by atoms with E-state index in [1.165, 1.54) is 24.8 Å². The number of hydrogen-bond donors (Lipinski definition) is 0. The molecule has 0 fully saturated rings. The molecule has 2 aromatic carbocycles. The van der Waals surface area contributed by atoms with E-state index in [9.17, 15) is 9.36 Å². The van der Waals surface area contributed by atoms with Gasteiger partial charge in [-0.25, -0.2) is 0 Å². The van der Waals surface area contributed by atoms with E-state index in [-0.39, 0.29) is 5.52 Å². The molecule has 0 aliphatic heterocycles. The molecular weight excluding hydrogens is 363 g/mol. The molecule has 28 heavy (non-hydrogen) atoms. The van der Waals surface area contributed by atoms with Gasteiger partial charge >= 0.3 is 0 Å². The average molecular weight is 399 g/mol. The summed E-state index contributed by atoms with van der Waals surface area (Å²) in [7, 11) is -3.17. The van der Waals surface area contributed by atoms with E-state index in [2.05, 4.69) is 19.9 Å². The first-order valence-corrected chi connectivity index (χ1v) is 12.5. The van der Waals surface area contributed by atoms with Gasteiger partial charge in [0.05, 0.1) is 0 Å². The van der Waals surface area contributed by atoms with Gasteiger partial charge in [0.2, 0.25) is 5.52 Å². The highest BCUT2D eigenvalue weighted by atomic mass is 31.2. The van der Waals surface area contributed by atoms with E-state index in [0.717, 1.165) is 36.0 Å². The maximum Gasteiger partial charge on any atom is 0.226 e. The van der Waals surface area contributed by atoms with Gasteiger partial charge in [-0.15, -0.1) is 0 Å². The molecule has 0 amide bonds.